The Hall–Kier alpha value is -1.43. The van der Waals surface area contributed by atoms with Gasteiger partial charge >= 0.3 is 0 Å². The number of rotatable bonds is 2. The second kappa shape index (κ2) is 4.83. The molecule has 0 aromatic carbocycles. The van der Waals surface area contributed by atoms with E-state index in [0.29, 0.717) is 12.4 Å². The lowest BCUT2D eigenvalue weighted by Crippen LogP contribution is -2.52. The number of nitrogens with zero attached hydrogens (tertiary/aromatic N) is 3. The fourth-order valence-corrected chi connectivity index (χ4v) is 2.44. The molecule has 6 nitrogen and oxygen atoms in total. The molecule has 1 aliphatic heterocycles. The molecule has 6 heteroatoms. The SMILES string of the molecule is Cc1nc(C(=O)N2C(C)CCCC2CN)n[nH]1. The molecule has 1 amide bonds. The van der Waals surface area contributed by atoms with Crippen molar-refractivity contribution >= 4 is 5.91 Å². The van der Waals surface area contributed by atoms with Crippen molar-refractivity contribution in [3.05, 3.63) is 11.6 Å². The minimum Gasteiger partial charge on any atom is -0.329 e. The van der Waals surface area contributed by atoms with Crippen LogP contribution in [0.15, 0.2) is 0 Å². The van der Waals surface area contributed by atoms with E-state index < -0.39 is 0 Å². The van der Waals surface area contributed by atoms with Crippen molar-refractivity contribution in [2.24, 2.45) is 5.73 Å². The van der Waals surface area contributed by atoms with Crippen molar-refractivity contribution < 1.29 is 4.79 Å². The summed E-state index contributed by atoms with van der Waals surface area (Å²) in [5.41, 5.74) is 5.73. The Morgan fingerprint density at radius 1 is 1.59 bits per heavy atom. The van der Waals surface area contributed by atoms with Crippen molar-refractivity contribution in [1.82, 2.24) is 20.1 Å². The molecule has 3 N–H and O–H groups in total. The summed E-state index contributed by atoms with van der Waals surface area (Å²) in [5.74, 6) is 0.786. The van der Waals surface area contributed by atoms with Gasteiger partial charge in [0.05, 0.1) is 0 Å². The molecule has 1 aliphatic rings. The largest absolute Gasteiger partial charge is 0.329 e. The van der Waals surface area contributed by atoms with Gasteiger partial charge in [0.2, 0.25) is 5.82 Å². The quantitative estimate of drug-likeness (QED) is 0.782. The number of hydrogen-bond acceptors (Lipinski definition) is 4. The molecule has 1 aromatic heterocycles. The number of carbonyl (C=O) groups excluding carboxylic acids is 1. The highest BCUT2D eigenvalue weighted by atomic mass is 16.2. The maximum absolute atomic E-state index is 12.3. The highest BCUT2D eigenvalue weighted by Crippen LogP contribution is 2.23. The molecule has 17 heavy (non-hydrogen) atoms. The summed E-state index contributed by atoms with van der Waals surface area (Å²) in [6.07, 6.45) is 3.11. The standard InChI is InChI=1S/C11H19N5O/c1-7-4-3-5-9(6-12)16(7)11(17)10-13-8(2)14-15-10/h7,9H,3-6,12H2,1-2H3,(H,13,14,15). The number of carbonyl (C=O) groups is 1. The summed E-state index contributed by atoms with van der Waals surface area (Å²) in [6, 6.07) is 0.327. The normalized spacial score (nSPS) is 25.0. The van der Waals surface area contributed by atoms with Crippen LogP contribution in [-0.2, 0) is 0 Å². The molecular weight excluding hydrogens is 218 g/mol. The third-order valence-electron chi connectivity index (χ3n) is 3.32. The van der Waals surface area contributed by atoms with Gasteiger partial charge in [-0.25, -0.2) is 4.98 Å². The van der Waals surface area contributed by atoms with Crippen LogP contribution < -0.4 is 5.73 Å². The average Bonchev–Trinajstić information content (AvgIpc) is 2.74. The van der Waals surface area contributed by atoms with E-state index in [1.54, 1.807) is 6.92 Å². The third kappa shape index (κ3) is 2.31. The maximum Gasteiger partial charge on any atom is 0.294 e. The van der Waals surface area contributed by atoms with Gasteiger partial charge in [-0.3, -0.25) is 9.89 Å². The number of nitrogens with one attached hydrogen (secondary N) is 1. The Balaban J connectivity index is 2.21. The van der Waals surface area contributed by atoms with Gasteiger partial charge in [-0.15, -0.1) is 5.10 Å². The predicted octanol–water partition coefficient (Wildman–Crippen LogP) is 0.455. The number of nitrogens with two attached hydrogens (primary N) is 1. The first-order valence-corrected chi connectivity index (χ1v) is 6.05. The topological polar surface area (TPSA) is 87.9 Å². The molecule has 1 aromatic rings. The van der Waals surface area contributed by atoms with E-state index in [0.717, 1.165) is 19.3 Å². The first-order valence-electron chi connectivity index (χ1n) is 6.05. The molecule has 0 aliphatic carbocycles. The summed E-state index contributed by atoms with van der Waals surface area (Å²) in [5, 5.41) is 6.62. The zero-order valence-corrected chi connectivity index (χ0v) is 10.3. The first kappa shape index (κ1) is 12.0. The molecule has 94 valence electrons. The van der Waals surface area contributed by atoms with Crippen LogP contribution in [0.4, 0.5) is 0 Å². The van der Waals surface area contributed by atoms with E-state index in [9.17, 15) is 4.79 Å². The van der Waals surface area contributed by atoms with Gasteiger partial charge in [0.1, 0.15) is 5.82 Å². The van der Waals surface area contributed by atoms with Crippen LogP contribution in [0.2, 0.25) is 0 Å². The number of aromatic amines is 1. The molecule has 1 saturated heterocycles. The Labute approximate surface area is 101 Å². The van der Waals surface area contributed by atoms with Crippen molar-refractivity contribution in [1.29, 1.82) is 0 Å². The Bertz CT molecular complexity index is 402. The lowest BCUT2D eigenvalue weighted by atomic mass is 9.96. The van der Waals surface area contributed by atoms with Gasteiger partial charge in [0.15, 0.2) is 0 Å². The molecule has 2 atom stereocenters. The summed E-state index contributed by atoms with van der Waals surface area (Å²) in [6.45, 7) is 4.34. The number of likely N-dealkylation sites (tertiary alicyclic amines) is 1. The second-order valence-corrected chi connectivity index (χ2v) is 4.63. The van der Waals surface area contributed by atoms with Crippen LogP contribution in [0.5, 0.6) is 0 Å². The molecule has 2 heterocycles. The van der Waals surface area contributed by atoms with E-state index in [4.69, 9.17) is 5.73 Å². The average molecular weight is 237 g/mol. The number of aromatic nitrogens is 3. The van der Waals surface area contributed by atoms with Crippen LogP contribution in [0.1, 0.15) is 42.6 Å². The fraction of sp³-hybridized carbons (Fsp3) is 0.727. The minimum atomic E-state index is -0.114. The summed E-state index contributed by atoms with van der Waals surface area (Å²) < 4.78 is 0. The van der Waals surface area contributed by atoms with Gasteiger partial charge in [-0.05, 0) is 33.1 Å². The highest BCUT2D eigenvalue weighted by molar-refractivity contribution is 5.91. The van der Waals surface area contributed by atoms with Crippen LogP contribution in [0, 0.1) is 6.92 Å². The van der Waals surface area contributed by atoms with Gasteiger partial charge in [-0.1, -0.05) is 0 Å². The number of amides is 1. The number of H-pyrrole nitrogens is 1. The van der Waals surface area contributed by atoms with Gasteiger partial charge in [0, 0.05) is 18.6 Å². The first-order chi connectivity index (χ1) is 8.13. The molecule has 0 spiro atoms. The van der Waals surface area contributed by atoms with Crippen LogP contribution in [0.25, 0.3) is 0 Å². The van der Waals surface area contributed by atoms with E-state index >= 15 is 0 Å². The third-order valence-corrected chi connectivity index (χ3v) is 3.32. The van der Waals surface area contributed by atoms with Crippen molar-refractivity contribution in [2.45, 2.75) is 45.2 Å². The molecule has 0 bridgehead atoms. The fourth-order valence-electron chi connectivity index (χ4n) is 2.44. The van der Waals surface area contributed by atoms with Crippen molar-refractivity contribution in [3.63, 3.8) is 0 Å². The molecule has 0 radical (unpaired) electrons. The van der Waals surface area contributed by atoms with E-state index in [-0.39, 0.29) is 23.8 Å². The van der Waals surface area contributed by atoms with Gasteiger partial charge in [-0.2, -0.15) is 0 Å². The second-order valence-electron chi connectivity index (χ2n) is 4.63. The minimum absolute atomic E-state index is 0.114. The zero-order chi connectivity index (χ0) is 12.4. The molecule has 0 saturated carbocycles. The molecule has 1 fully saturated rings. The number of piperidine rings is 1. The molecule has 2 rings (SSSR count). The zero-order valence-electron chi connectivity index (χ0n) is 10.3. The Morgan fingerprint density at radius 2 is 2.35 bits per heavy atom. The van der Waals surface area contributed by atoms with Crippen molar-refractivity contribution in [3.8, 4) is 0 Å². The van der Waals surface area contributed by atoms with Gasteiger partial charge in [0.25, 0.3) is 5.91 Å². The monoisotopic (exact) mass is 237 g/mol. The Kier molecular flexibility index (Phi) is 3.42. The van der Waals surface area contributed by atoms with E-state index in [1.807, 2.05) is 4.90 Å². The van der Waals surface area contributed by atoms with E-state index in [1.165, 1.54) is 0 Å². The predicted molar refractivity (Wildman–Crippen MR) is 63.4 cm³/mol. The van der Waals surface area contributed by atoms with Crippen molar-refractivity contribution in [2.75, 3.05) is 6.54 Å². The summed E-state index contributed by atoms with van der Waals surface area (Å²) >= 11 is 0. The number of aryl methyl sites for hydroxylation is 1. The van der Waals surface area contributed by atoms with Gasteiger partial charge < -0.3 is 10.6 Å². The smallest absolute Gasteiger partial charge is 0.294 e. The van der Waals surface area contributed by atoms with Crippen LogP contribution in [0.3, 0.4) is 0 Å². The van der Waals surface area contributed by atoms with Crippen LogP contribution >= 0.6 is 0 Å². The van der Waals surface area contributed by atoms with E-state index in [2.05, 4.69) is 22.1 Å². The summed E-state index contributed by atoms with van der Waals surface area (Å²) in [4.78, 5) is 18.2. The lowest BCUT2D eigenvalue weighted by Gasteiger charge is -2.39. The molecular formula is C11H19N5O. The molecule has 2 unspecified atom stereocenters. The lowest BCUT2D eigenvalue weighted by molar-refractivity contribution is 0.0482. The number of hydrogen-bond donors (Lipinski definition) is 2. The Morgan fingerprint density at radius 3 is 2.94 bits per heavy atom. The maximum atomic E-state index is 12.3. The highest BCUT2D eigenvalue weighted by Gasteiger charge is 2.33. The summed E-state index contributed by atoms with van der Waals surface area (Å²) in [7, 11) is 0. The van der Waals surface area contributed by atoms with Crippen LogP contribution in [-0.4, -0.2) is 44.6 Å².